The second-order valence-corrected chi connectivity index (χ2v) is 9.10. The summed E-state index contributed by atoms with van der Waals surface area (Å²) in [5.41, 5.74) is 1.65. The van der Waals surface area contributed by atoms with Gasteiger partial charge >= 0.3 is 0 Å². The highest BCUT2D eigenvalue weighted by molar-refractivity contribution is 7.99. The van der Waals surface area contributed by atoms with Crippen molar-refractivity contribution in [1.29, 1.82) is 0 Å². The van der Waals surface area contributed by atoms with Gasteiger partial charge in [0.05, 0.1) is 9.81 Å². The fraction of sp³-hybridized carbons (Fsp3) is 0.273. The van der Waals surface area contributed by atoms with Crippen LogP contribution in [-0.4, -0.2) is 20.2 Å². The first-order valence-electron chi connectivity index (χ1n) is 8.80. The molecule has 0 aliphatic rings. The normalized spacial score (nSPS) is 15.4. The highest BCUT2D eigenvalue weighted by Gasteiger charge is 2.30. The van der Waals surface area contributed by atoms with Crippen LogP contribution < -0.4 is 0 Å². The van der Waals surface area contributed by atoms with Gasteiger partial charge in [0.15, 0.2) is 9.84 Å². The Balaban J connectivity index is 2.63. The maximum absolute atomic E-state index is 13.6. The first kappa shape index (κ1) is 21.7. The molecule has 0 spiro atoms. The lowest BCUT2D eigenvalue weighted by atomic mass is 10.1. The molecule has 5 heteroatoms. The van der Waals surface area contributed by atoms with Crippen molar-refractivity contribution < 1.29 is 8.42 Å². The van der Waals surface area contributed by atoms with E-state index in [-0.39, 0.29) is 23.6 Å². The smallest absolute Gasteiger partial charge is 0.199 e. The Labute approximate surface area is 172 Å². The monoisotopic (exact) mass is 422 g/mol. The predicted molar refractivity (Wildman–Crippen MR) is 118 cm³/mol. The average molecular weight is 423 g/mol. The van der Waals surface area contributed by atoms with Crippen molar-refractivity contribution in [3.8, 4) is 0 Å². The maximum Gasteiger partial charge on any atom is 0.199 e. The van der Waals surface area contributed by atoms with E-state index in [0.29, 0.717) is 9.81 Å². The molecule has 27 heavy (non-hydrogen) atoms. The summed E-state index contributed by atoms with van der Waals surface area (Å²) in [6, 6.07) is 18.8. The molecule has 0 aromatic heterocycles. The summed E-state index contributed by atoms with van der Waals surface area (Å²) in [4.78, 5) is 0.616. The van der Waals surface area contributed by atoms with Gasteiger partial charge in [-0.15, -0.1) is 23.2 Å². The Kier molecular flexibility index (Phi) is 8.15. The number of halogens is 2. The first-order valence-corrected chi connectivity index (χ1v) is 11.4. The summed E-state index contributed by atoms with van der Waals surface area (Å²) < 4.78 is 27.2. The first-order chi connectivity index (χ1) is 12.9. The molecule has 2 atom stereocenters. The summed E-state index contributed by atoms with van der Waals surface area (Å²) >= 11 is 12.1. The minimum atomic E-state index is -3.73. The second kappa shape index (κ2) is 10.1. The van der Waals surface area contributed by atoms with E-state index in [1.165, 1.54) is 0 Å². The molecule has 0 aliphatic carbocycles. The van der Waals surface area contributed by atoms with Gasteiger partial charge in [-0.05, 0) is 23.3 Å². The molecule has 0 saturated carbocycles. The van der Waals surface area contributed by atoms with Crippen LogP contribution in [0.5, 0.6) is 0 Å². The third-order valence-electron chi connectivity index (χ3n) is 4.27. The van der Waals surface area contributed by atoms with Crippen LogP contribution in [0.25, 0.3) is 12.2 Å². The molecule has 0 fully saturated rings. The van der Waals surface area contributed by atoms with E-state index < -0.39 is 9.84 Å². The third-order valence-corrected chi connectivity index (χ3v) is 7.48. The third kappa shape index (κ3) is 5.71. The minimum absolute atomic E-state index is 0.214. The summed E-state index contributed by atoms with van der Waals surface area (Å²) in [5, 5.41) is 0. The van der Waals surface area contributed by atoms with E-state index in [9.17, 15) is 8.42 Å². The summed E-state index contributed by atoms with van der Waals surface area (Å²) in [6.07, 6.45) is 3.42. The molecule has 0 radical (unpaired) electrons. The number of hydrogen-bond donors (Lipinski definition) is 0. The lowest BCUT2D eigenvalue weighted by Gasteiger charge is -2.20. The summed E-state index contributed by atoms with van der Waals surface area (Å²) in [7, 11) is -3.73. The molecule has 2 aromatic rings. The fourth-order valence-corrected chi connectivity index (χ4v) is 5.28. The fourth-order valence-electron chi connectivity index (χ4n) is 2.68. The molecule has 2 aromatic carbocycles. The van der Waals surface area contributed by atoms with Crippen LogP contribution in [0, 0.1) is 11.8 Å². The molecule has 2 nitrogen and oxygen atoms in total. The quantitative estimate of drug-likeness (QED) is 0.472. The summed E-state index contributed by atoms with van der Waals surface area (Å²) in [6.45, 7) is 3.65. The van der Waals surface area contributed by atoms with E-state index in [1.54, 1.807) is 12.2 Å². The zero-order valence-corrected chi connectivity index (χ0v) is 17.8. The Hall–Kier alpha value is -1.55. The van der Waals surface area contributed by atoms with Gasteiger partial charge in [0.25, 0.3) is 0 Å². The zero-order valence-electron chi connectivity index (χ0n) is 15.5. The van der Waals surface area contributed by atoms with Gasteiger partial charge in [0.1, 0.15) is 0 Å². The van der Waals surface area contributed by atoms with E-state index in [0.717, 1.165) is 11.1 Å². The molecular formula is C22H24Cl2O2S. The Morgan fingerprint density at radius 1 is 0.778 bits per heavy atom. The zero-order chi connectivity index (χ0) is 19.9. The SMILES string of the molecule is CC(CCl)C(=Cc1ccccc1)S(=O)(=O)C(=Cc1ccccc1)C(C)CCl. The molecule has 0 N–H and O–H groups in total. The molecular weight excluding hydrogens is 399 g/mol. The van der Waals surface area contributed by atoms with Crippen LogP contribution in [0.4, 0.5) is 0 Å². The van der Waals surface area contributed by atoms with Gasteiger partial charge < -0.3 is 0 Å². The van der Waals surface area contributed by atoms with Crippen LogP contribution in [0.3, 0.4) is 0 Å². The van der Waals surface area contributed by atoms with E-state index in [1.807, 2.05) is 74.5 Å². The molecule has 0 amide bonds. The van der Waals surface area contributed by atoms with Gasteiger partial charge in [-0.25, -0.2) is 8.42 Å². The molecule has 0 aliphatic heterocycles. The minimum Gasteiger partial charge on any atom is -0.219 e. The highest BCUT2D eigenvalue weighted by atomic mass is 35.5. The van der Waals surface area contributed by atoms with Gasteiger partial charge in [-0.1, -0.05) is 74.5 Å². The van der Waals surface area contributed by atoms with E-state index in [4.69, 9.17) is 23.2 Å². The number of alkyl halides is 2. The van der Waals surface area contributed by atoms with Gasteiger partial charge in [-0.2, -0.15) is 0 Å². The van der Waals surface area contributed by atoms with Crippen LogP contribution in [-0.2, 0) is 9.84 Å². The maximum atomic E-state index is 13.6. The Bertz CT molecular complexity index is 819. The van der Waals surface area contributed by atoms with E-state index >= 15 is 0 Å². The number of hydrogen-bond acceptors (Lipinski definition) is 2. The Morgan fingerprint density at radius 2 is 1.11 bits per heavy atom. The van der Waals surface area contributed by atoms with Crippen LogP contribution in [0.15, 0.2) is 70.5 Å². The lowest BCUT2D eigenvalue weighted by molar-refractivity contribution is 0.596. The van der Waals surface area contributed by atoms with Gasteiger partial charge in [0, 0.05) is 23.6 Å². The standard InChI is InChI=1S/C22H24Cl2O2S/c1-17(15-23)21(13-19-9-5-3-6-10-19)27(25,26)22(18(2)16-24)14-20-11-7-4-8-12-20/h3-14,17-18H,15-16H2,1-2H3. The van der Waals surface area contributed by atoms with Gasteiger partial charge in [-0.3, -0.25) is 0 Å². The number of benzene rings is 2. The lowest BCUT2D eigenvalue weighted by Crippen LogP contribution is -2.19. The Morgan fingerprint density at radius 3 is 1.41 bits per heavy atom. The van der Waals surface area contributed by atoms with Crippen molar-refractivity contribution in [2.45, 2.75) is 13.8 Å². The van der Waals surface area contributed by atoms with Crippen molar-refractivity contribution in [3.63, 3.8) is 0 Å². The van der Waals surface area contributed by atoms with Crippen molar-refractivity contribution in [2.75, 3.05) is 11.8 Å². The van der Waals surface area contributed by atoms with Gasteiger partial charge in [0.2, 0.25) is 0 Å². The molecule has 0 heterocycles. The topological polar surface area (TPSA) is 34.1 Å². The second-order valence-electron chi connectivity index (χ2n) is 6.53. The average Bonchev–Trinajstić information content (AvgIpc) is 2.70. The molecule has 144 valence electrons. The van der Waals surface area contributed by atoms with Crippen LogP contribution >= 0.6 is 23.2 Å². The number of sulfone groups is 1. The van der Waals surface area contributed by atoms with Crippen molar-refractivity contribution >= 4 is 45.2 Å². The molecule has 0 bridgehead atoms. The number of allylic oxidation sites excluding steroid dienone is 2. The largest absolute Gasteiger partial charge is 0.219 e. The molecule has 2 rings (SSSR count). The number of rotatable bonds is 8. The van der Waals surface area contributed by atoms with Crippen molar-refractivity contribution in [2.24, 2.45) is 11.8 Å². The van der Waals surface area contributed by atoms with Crippen molar-refractivity contribution in [1.82, 2.24) is 0 Å². The predicted octanol–water partition coefficient (Wildman–Crippen LogP) is 6.23. The van der Waals surface area contributed by atoms with Crippen LogP contribution in [0.2, 0.25) is 0 Å². The van der Waals surface area contributed by atoms with E-state index in [2.05, 4.69) is 0 Å². The highest BCUT2D eigenvalue weighted by Crippen LogP contribution is 2.33. The molecule has 2 unspecified atom stereocenters. The summed E-state index contributed by atoms with van der Waals surface area (Å²) in [5.74, 6) is -0.213. The molecule has 0 saturated heterocycles. The van der Waals surface area contributed by atoms with Crippen molar-refractivity contribution in [3.05, 3.63) is 81.6 Å². The van der Waals surface area contributed by atoms with Crippen LogP contribution in [0.1, 0.15) is 25.0 Å².